The second-order valence-corrected chi connectivity index (χ2v) is 3.61. The summed E-state index contributed by atoms with van der Waals surface area (Å²) >= 11 is 11.1. The van der Waals surface area contributed by atoms with Crippen molar-refractivity contribution in [1.29, 1.82) is 0 Å². The van der Waals surface area contributed by atoms with Crippen molar-refractivity contribution in [3.8, 4) is 0 Å². The minimum atomic E-state index is 0.438. The van der Waals surface area contributed by atoms with Crippen molar-refractivity contribution < 1.29 is 4.74 Å². The van der Waals surface area contributed by atoms with Crippen LogP contribution in [-0.4, -0.2) is 12.2 Å². The van der Waals surface area contributed by atoms with E-state index in [1.54, 1.807) is 7.11 Å². The highest BCUT2D eigenvalue weighted by atomic mass is 35.5. The van der Waals surface area contributed by atoms with Crippen LogP contribution in [0.1, 0.15) is 16.7 Å². The van der Waals surface area contributed by atoms with Crippen molar-refractivity contribution in [2.45, 2.75) is 13.8 Å². The summed E-state index contributed by atoms with van der Waals surface area (Å²) in [6, 6.07) is 3.87. The quantitative estimate of drug-likeness (QED) is 0.664. The predicted octanol–water partition coefficient (Wildman–Crippen LogP) is 3.28. The van der Waals surface area contributed by atoms with Gasteiger partial charge in [-0.1, -0.05) is 17.7 Å². The number of aryl methyl sites for hydroxylation is 1. The smallest absolute Gasteiger partial charge is 0.192 e. The Kier molecular flexibility index (Phi) is 3.28. The van der Waals surface area contributed by atoms with Crippen LogP contribution in [0, 0.1) is 13.8 Å². The molecular formula is C10H11ClOS. The van der Waals surface area contributed by atoms with Crippen molar-refractivity contribution in [3.63, 3.8) is 0 Å². The number of ether oxygens (including phenoxy) is 1. The molecule has 0 aliphatic rings. The van der Waals surface area contributed by atoms with Gasteiger partial charge in [0.15, 0.2) is 5.05 Å². The lowest BCUT2D eigenvalue weighted by Crippen LogP contribution is -2.02. The molecule has 0 heterocycles. The standard InChI is InChI=1S/C10H11ClOS/c1-6-4-5-8(10(13)12-3)9(11)7(6)2/h4-5H,1-3H3. The van der Waals surface area contributed by atoms with Gasteiger partial charge in [0.2, 0.25) is 0 Å². The van der Waals surface area contributed by atoms with Gasteiger partial charge in [-0.2, -0.15) is 0 Å². The second kappa shape index (κ2) is 4.07. The Morgan fingerprint density at radius 2 is 2.00 bits per heavy atom. The molecule has 0 spiro atoms. The Bertz CT molecular complexity index is 347. The molecule has 70 valence electrons. The normalized spacial score (nSPS) is 9.85. The maximum absolute atomic E-state index is 6.10. The second-order valence-electron chi connectivity index (χ2n) is 2.86. The highest BCUT2D eigenvalue weighted by Crippen LogP contribution is 2.24. The van der Waals surface area contributed by atoms with E-state index in [1.165, 1.54) is 0 Å². The van der Waals surface area contributed by atoms with Gasteiger partial charge in [0.1, 0.15) is 0 Å². The molecule has 1 aromatic rings. The molecule has 0 aliphatic carbocycles. The van der Waals surface area contributed by atoms with Gasteiger partial charge in [0, 0.05) is 5.56 Å². The lowest BCUT2D eigenvalue weighted by molar-refractivity contribution is 0.416. The van der Waals surface area contributed by atoms with Crippen LogP contribution in [-0.2, 0) is 4.74 Å². The first-order chi connectivity index (χ1) is 6.07. The van der Waals surface area contributed by atoms with Gasteiger partial charge in [0.25, 0.3) is 0 Å². The van der Waals surface area contributed by atoms with Crippen LogP contribution >= 0.6 is 23.8 Å². The van der Waals surface area contributed by atoms with E-state index in [0.29, 0.717) is 10.1 Å². The Balaban J connectivity index is 3.26. The zero-order valence-corrected chi connectivity index (χ0v) is 9.42. The molecular weight excluding hydrogens is 204 g/mol. The van der Waals surface area contributed by atoms with Gasteiger partial charge in [-0.15, -0.1) is 0 Å². The van der Waals surface area contributed by atoms with Crippen LogP contribution in [0.2, 0.25) is 5.02 Å². The monoisotopic (exact) mass is 214 g/mol. The summed E-state index contributed by atoms with van der Waals surface area (Å²) in [5.41, 5.74) is 3.01. The lowest BCUT2D eigenvalue weighted by atomic mass is 10.1. The van der Waals surface area contributed by atoms with Crippen LogP contribution in [0.25, 0.3) is 0 Å². The third-order valence-electron chi connectivity index (χ3n) is 2.06. The van der Waals surface area contributed by atoms with E-state index in [0.717, 1.165) is 16.7 Å². The molecule has 0 aromatic heterocycles. The molecule has 0 saturated carbocycles. The Morgan fingerprint density at radius 1 is 1.38 bits per heavy atom. The minimum Gasteiger partial charge on any atom is -0.486 e. The molecule has 1 nitrogen and oxygen atoms in total. The Labute approximate surface area is 88.7 Å². The van der Waals surface area contributed by atoms with Gasteiger partial charge < -0.3 is 4.74 Å². The van der Waals surface area contributed by atoms with E-state index in [9.17, 15) is 0 Å². The van der Waals surface area contributed by atoms with Gasteiger partial charge in [-0.25, -0.2) is 0 Å². The molecule has 0 radical (unpaired) electrons. The van der Waals surface area contributed by atoms with E-state index in [2.05, 4.69) is 0 Å². The van der Waals surface area contributed by atoms with Crippen LogP contribution < -0.4 is 0 Å². The van der Waals surface area contributed by atoms with Crippen LogP contribution in [0.3, 0.4) is 0 Å². The summed E-state index contributed by atoms with van der Waals surface area (Å²) in [5, 5.41) is 1.12. The Morgan fingerprint density at radius 3 is 2.54 bits per heavy atom. The molecule has 0 bridgehead atoms. The SMILES string of the molecule is COC(=S)c1ccc(C)c(C)c1Cl. The molecule has 13 heavy (non-hydrogen) atoms. The molecule has 0 N–H and O–H groups in total. The van der Waals surface area contributed by atoms with E-state index in [4.69, 9.17) is 28.6 Å². The largest absolute Gasteiger partial charge is 0.486 e. The first kappa shape index (κ1) is 10.5. The maximum atomic E-state index is 6.10. The van der Waals surface area contributed by atoms with E-state index in [-0.39, 0.29) is 0 Å². The molecule has 0 fully saturated rings. The number of hydrogen-bond donors (Lipinski definition) is 0. The summed E-state index contributed by atoms with van der Waals surface area (Å²) in [4.78, 5) is 0. The first-order valence-electron chi connectivity index (χ1n) is 3.92. The van der Waals surface area contributed by atoms with Crippen molar-refractivity contribution in [2.24, 2.45) is 0 Å². The number of methoxy groups -OCH3 is 1. The molecule has 0 saturated heterocycles. The van der Waals surface area contributed by atoms with Crippen molar-refractivity contribution in [2.75, 3.05) is 7.11 Å². The van der Waals surface area contributed by atoms with Crippen molar-refractivity contribution in [1.82, 2.24) is 0 Å². The number of thiocarbonyl (C=S) groups is 1. The number of benzene rings is 1. The average molecular weight is 215 g/mol. The number of halogens is 1. The third kappa shape index (κ3) is 2.01. The van der Waals surface area contributed by atoms with Gasteiger partial charge in [0.05, 0.1) is 12.1 Å². The molecule has 0 unspecified atom stereocenters. The summed E-state index contributed by atoms with van der Waals surface area (Å²) in [7, 11) is 1.55. The number of hydrogen-bond acceptors (Lipinski definition) is 2. The first-order valence-corrected chi connectivity index (χ1v) is 4.70. The topological polar surface area (TPSA) is 9.23 Å². The van der Waals surface area contributed by atoms with E-state index >= 15 is 0 Å². The summed E-state index contributed by atoms with van der Waals surface area (Å²) in [6.07, 6.45) is 0. The van der Waals surface area contributed by atoms with Crippen LogP contribution in [0.5, 0.6) is 0 Å². The molecule has 0 amide bonds. The van der Waals surface area contributed by atoms with Crippen molar-refractivity contribution >= 4 is 28.9 Å². The Hall–Kier alpha value is -0.600. The number of rotatable bonds is 1. The third-order valence-corrected chi connectivity index (χ3v) is 2.94. The highest BCUT2D eigenvalue weighted by molar-refractivity contribution is 7.80. The molecule has 1 aromatic carbocycles. The predicted molar refractivity (Wildman–Crippen MR) is 59.6 cm³/mol. The fourth-order valence-corrected chi connectivity index (χ4v) is 1.57. The zero-order valence-electron chi connectivity index (χ0n) is 7.85. The molecule has 0 aliphatic heterocycles. The summed E-state index contributed by atoms with van der Waals surface area (Å²) in [6.45, 7) is 3.99. The fraction of sp³-hybridized carbons (Fsp3) is 0.300. The summed E-state index contributed by atoms with van der Waals surface area (Å²) in [5.74, 6) is 0. The van der Waals surface area contributed by atoms with Gasteiger partial charge in [-0.3, -0.25) is 0 Å². The van der Waals surface area contributed by atoms with Crippen molar-refractivity contribution in [3.05, 3.63) is 33.8 Å². The molecule has 1 rings (SSSR count). The fourth-order valence-electron chi connectivity index (χ4n) is 1.05. The van der Waals surface area contributed by atoms with E-state index < -0.39 is 0 Å². The molecule has 3 heteroatoms. The maximum Gasteiger partial charge on any atom is 0.192 e. The average Bonchev–Trinajstić information content (AvgIpc) is 2.13. The zero-order chi connectivity index (χ0) is 10.0. The minimum absolute atomic E-state index is 0.438. The van der Waals surface area contributed by atoms with Gasteiger partial charge >= 0.3 is 0 Å². The molecule has 0 atom stereocenters. The van der Waals surface area contributed by atoms with Crippen LogP contribution in [0.4, 0.5) is 0 Å². The van der Waals surface area contributed by atoms with Gasteiger partial charge in [-0.05, 0) is 43.3 Å². The lowest BCUT2D eigenvalue weighted by Gasteiger charge is -2.09. The van der Waals surface area contributed by atoms with Crippen LogP contribution in [0.15, 0.2) is 12.1 Å². The summed E-state index contributed by atoms with van der Waals surface area (Å²) < 4.78 is 4.96. The van der Waals surface area contributed by atoms with E-state index in [1.807, 2.05) is 26.0 Å². The highest BCUT2D eigenvalue weighted by Gasteiger charge is 2.09.